The van der Waals surface area contributed by atoms with E-state index in [-0.39, 0.29) is 6.10 Å². The first kappa shape index (κ1) is 13.5. The minimum absolute atomic E-state index is 0.210. The smallest absolute Gasteiger partial charge is 0.328 e. The number of carboxylic acid groups (broad SMARTS) is 1. The van der Waals surface area contributed by atoms with E-state index in [9.17, 15) is 4.79 Å². The van der Waals surface area contributed by atoms with Crippen LogP contribution in [0.1, 0.15) is 18.1 Å². The molecule has 1 aliphatic rings. The van der Waals surface area contributed by atoms with E-state index in [2.05, 4.69) is 9.88 Å². The fourth-order valence-corrected chi connectivity index (χ4v) is 2.19. The summed E-state index contributed by atoms with van der Waals surface area (Å²) in [6.07, 6.45) is 4.57. The highest BCUT2D eigenvalue weighted by atomic mass is 16.5. The van der Waals surface area contributed by atoms with Crippen LogP contribution in [0.5, 0.6) is 0 Å². The molecule has 2 rings (SSSR count). The largest absolute Gasteiger partial charge is 0.478 e. The summed E-state index contributed by atoms with van der Waals surface area (Å²) >= 11 is 0. The number of carboxylic acids is 1. The van der Waals surface area contributed by atoms with Gasteiger partial charge in [-0.1, -0.05) is 0 Å². The van der Waals surface area contributed by atoms with Crippen LogP contribution in [0, 0.1) is 6.92 Å². The zero-order chi connectivity index (χ0) is 13.8. The van der Waals surface area contributed by atoms with Crippen molar-refractivity contribution in [2.24, 2.45) is 0 Å². The van der Waals surface area contributed by atoms with Crippen LogP contribution in [-0.2, 0) is 9.53 Å². The predicted molar refractivity (Wildman–Crippen MR) is 73.3 cm³/mol. The van der Waals surface area contributed by atoms with Crippen molar-refractivity contribution >= 4 is 17.9 Å². The van der Waals surface area contributed by atoms with Gasteiger partial charge in [-0.25, -0.2) is 9.78 Å². The highest BCUT2D eigenvalue weighted by molar-refractivity contribution is 5.85. The zero-order valence-electron chi connectivity index (χ0n) is 11.2. The Hall–Kier alpha value is -1.88. The molecule has 1 aromatic heterocycles. The number of carbonyl (C=O) groups is 1. The minimum atomic E-state index is -0.955. The molecule has 1 unspecified atom stereocenters. The van der Waals surface area contributed by atoms with Crippen molar-refractivity contribution in [3.8, 4) is 0 Å². The lowest BCUT2D eigenvalue weighted by molar-refractivity contribution is -0.131. The van der Waals surface area contributed by atoms with E-state index >= 15 is 0 Å². The van der Waals surface area contributed by atoms with E-state index in [1.165, 1.54) is 0 Å². The van der Waals surface area contributed by atoms with Gasteiger partial charge in [-0.15, -0.1) is 0 Å². The molecule has 5 heteroatoms. The first-order valence-corrected chi connectivity index (χ1v) is 6.30. The Morgan fingerprint density at radius 1 is 1.63 bits per heavy atom. The van der Waals surface area contributed by atoms with Gasteiger partial charge in [-0.3, -0.25) is 0 Å². The summed E-state index contributed by atoms with van der Waals surface area (Å²) in [6, 6.07) is 1.95. The Morgan fingerprint density at radius 2 is 2.42 bits per heavy atom. The normalized spacial score (nSPS) is 19.9. The number of hydrogen-bond acceptors (Lipinski definition) is 4. The van der Waals surface area contributed by atoms with Gasteiger partial charge in [0, 0.05) is 25.4 Å². The third kappa shape index (κ3) is 3.54. The van der Waals surface area contributed by atoms with Crippen LogP contribution in [-0.4, -0.2) is 41.9 Å². The predicted octanol–water partition coefficient (Wildman–Crippen LogP) is 1.71. The highest BCUT2D eigenvalue weighted by Crippen LogP contribution is 2.20. The van der Waals surface area contributed by atoms with Crippen molar-refractivity contribution < 1.29 is 14.6 Å². The molecule has 19 heavy (non-hydrogen) atoms. The number of rotatable bonds is 3. The molecule has 1 saturated heterocycles. The van der Waals surface area contributed by atoms with Crippen molar-refractivity contribution in [1.29, 1.82) is 0 Å². The second-order valence-electron chi connectivity index (χ2n) is 4.71. The van der Waals surface area contributed by atoms with E-state index in [0.717, 1.165) is 36.1 Å². The molecule has 0 aliphatic carbocycles. The summed E-state index contributed by atoms with van der Waals surface area (Å²) in [7, 11) is 0. The third-order valence-corrected chi connectivity index (χ3v) is 3.03. The van der Waals surface area contributed by atoms with Crippen molar-refractivity contribution in [3.05, 3.63) is 29.5 Å². The van der Waals surface area contributed by atoms with Crippen molar-refractivity contribution in [2.45, 2.75) is 20.0 Å². The van der Waals surface area contributed by atoms with Crippen LogP contribution in [0.15, 0.2) is 18.3 Å². The summed E-state index contributed by atoms with van der Waals surface area (Å²) in [5, 5.41) is 8.60. The second kappa shape index (κ2) is 5.84. The number of pyridine rings is 1. The van der Waals surface area contributed by atoms with Gasteiger partial charge in [0.1, 0.15) is 5.82 Å². The maximum Gasteiger partial charge on any atom is 0.328 e. The lowest BCUT2D eigenvalue weighted by Crippen LogP contribution is -2.41. The number of ether oxygens (including phenoxy) is 1. The van der Waals surface area contributed by atoms with Gasteiger partial charge >= 0.3 is 5.97 Å². The number of aromatic nitrogens is 1. The van der Waals surface area contributed by atoms with Crippen LogP contribution in [0.2, 0.25) is 0 Å². The van der Waals surface area contributed by atoms with E-state index in [0.29, 0.717) is 6.61 Å². The Kier molecular flexibility index (Phi) is 4.16. The van der Waals surface area contributed by atoms with Crippen LogP contribution in [0.25, 0.3) is 6.08 Å². The maximum atomic E-state index is 10.5. The van der Waals surface area contributed by atoms with Crippen LogP contribution >= 0.6 is 0 Å². The molecule has 102 valence electrons. The lowest BCUT2D eigenvalue weighted by Gasteiger charge is -2.32. The molecule has 0 spiro atoms. The van der Waals surface area contributed by atoms with Gasteiger partial charge in [0.2, 0.25) is 0 Å². The van der Waals surface area contributed by atoms with Crippen molar-refractivity contribution in [3.63, 3.8) is 0 Å². The van der Waals surface area contributed by atoms with Crippen LogP contribution in [0.3, 0.4) is 0 Å². The molecular formula is C14H18N2O3. The molecule has 1 N–H and O–H groups in total. The molecule has 0 bridgehead atoms. The Bertz CT molecular complexity index is 499. The summed E-state index contributed by atoms with van der Waals surface area (Å²) in [4.78, 5) is 17.1. The van der Waals surface area contributed by atoms with E-state index in [1.807, 2.05) is 19.9 Å². The lowest BCUT2D eigenvalue weighted by atomic mass is 10.1. The minimum Gasteiger partial charge on any atom is -0.478 e. The average molecular weight is 262 g/mol. The topological polar surface area (TPSA) is 62.7 Å². The summed E-state index contributed by atoms with van der Waals surface area (Å²) < 4.78 is 5.51. The molecule has 0 amide bonds. The summed E-state index contributed by atoms with van der Waals surface area (Å²) in [5.74, 6) is -0.00800. The number of anilines is 1. The molecule has 1 aromatic rings. The molecule has 0 radical (unpaired) electrons. The standard InChI is InChI=1S/C14H18N2O3/c1-10-7-12(3-4-13(17)18)8-15-14(10)16-5-6-19-11(2)9-16/h3-4,7-8,11H,5-6,9H2,1-2H3,(H,17,18)/b4-3+. The van der Waals surface area contributed by atoms with Crippen molar-refractivity contribution in [2.75, 3.05) is 24.6 Å². The molecule has 2 heterocycles. The fourth-order valence-electron chi connectivity index (χ4n) is 2.19. The Labute approximate surface area is 112 Å². The van der Waals surface area contributed by atoms with Gasteiger partial charge in [-0.2, -0.15) is 0 Å². The summed E-state index contributed by atoms with van der Waals surface area (Å²) in [5.41, 5.74) is 1.84. The molecule has 1 aliphatic heterocycles. The van der Waals surface area contributed by atoms with Crippen LogP contribution < -0.4 is 4.90 Å². The van der Waals surface area contributed by atoms with Gasteiger partial charge in [0.15, 0.2) is 0 Å². The number of morpholine rings is 1. The molecule has 0 aromatic carbocycles. The molecule has 0 saturated carbocycles. The number of nitrogens with zero attached hydrogens (tertiary/aromatic N) is 2. The van der Waals surface area contributed by atoms with E-state index in [1.54, 1.807) is 12.3 Å². The van der Waals surface area contributed by atoms with E-state index in [4.69, 9.17) is 9.84 Å². The maximum absolute atomic E-state index is 10.5. The van der Waals surface area contributed by atoms with Crippen molar-refractivity contribution in [1.82, 2.24) is 4.98 Å². The van der Waals surface area contributed by atoms with Gasteiger partial charge in [-0.05, 0) is 37.1 Å². The fraction of sp³-hybridized carbons (Fsp3) is 0.429. The molecule has 1 fully saturated rings. The first-order chi connectivity index (χ1) is 9.06. The molecular weight excluding hydrogens is 244 g/mol. The van der Waals surface area contributed by atoms with Gasteiger partial charge < -0.3 is 14.7 Å². The van der Waals surface area contributed by atoms with Crippen LogP contribution in [0.4, 0.5) is 5.82 Å². The third-order valence-electron chi connectivity index (χ3n) is 3.03. The zero-order valence-corrected chi connectivity index (χ0v) is 11.2. The monoisotopic (exact) mass is 262 g/mol. The summed E-state index contributed by atoms with van der Waals surface area (Å²) in [6.45, 7) is 6.41. The number of hydrogen-bond donors (Lipinski definition) is 1. The second-order valence-corrected chi connectivity index (χ2v) is 4.71. The van der Waals surface area contributed by atoms with E-state index < -0.39 is 5.97 Å². The van der Waals surface area contributed by atoms with Gasteiger partial charge in [0.25, 0.3) is 0 Å². The SMILES string of the molecule is Cc1cc(/C=C/C(=O)O)cnc1N1CCOC(C)C1. The van der Waals surface area contributed by atoms with Gasteiger partial charge in [0.05, 0.1) is 12.7 Å². The highest BCUT2D eigenvalue weighted by Gasteiger charge is 2.19. The Morgan fingerprint density at radius 3 is 3.05 bits per heavy atom. The number of aryl methyl sites for hydroxylation is 1. The Balaban J connectivity index is 2.17. The average Bonchev–Trinajstić information content (AvgIpc) is 2.36. The molecule has 5 nitrogen and oxygen atoms in total. The molecule has 1 atom stereocenters. The number of aliphatic carboxylic acids is 1. The first-order valence-electron chi connectivity index (χ1n) is 6.30. The quantitative estimate of drug-likeness (QED) is 0.840.